The number of anilines is 1. The summed E-state index contributed by atoms with van der Waals surface area (Å²) >= 11 is 1.27. The lowest BCUT2D eigenvalue weighted by atomic mass is 9.76. The normalized spacial score (nSPS) is 27.8. The summed E-state index contributed by atoms with van der Waals surface area (Å²) in [5, 5.41) is 0.457. The molecule has 2 heterocycles. The summed E-state index contributed by atoms with van der Waals surface area (Å²) in [7, 11) is 1.35. The molecule has 2 aliphatic rings. The van der Waals surface area contributed by atoms with Gasteiger partial charge in [0.05, 0.1) is 13.2 Å². The van der Waals surface area contributed by atoms with E-state index in [4.69, 9.17) is 4.74 Å². The van der Waals surface area contributed by atoms with Crippen molar-refractivity contribution in [2.45, 2.75) is 50.7 Å². The summed E-state index contributed by atoms with van der Waals surface area (Å²) in [5.41, 5.74) is 0. The molecule has 9 heteroatoms. The van der Waals surface area contributed by atoms with E-state index < -0.39 is 30.1 Å². The molecule has 2 atom stereocenters. The average molecular weight is 367 g/mol. The van der Waals surface area contributed by atoms with Crippen LogP contribution in [-0.4, -0.2) is 37.5 Å². The van der Waals surface area contributed by atoms with E-state index in [9.17, 15) is 22.4 Å². The minimum absolute atomic E-state index is 0.0146. The van der Waals surface area contributed by atoms with Crippen LogP contribution < -0.4 is 9.47 Å². The molecule has 0 bridgehead atoms. The predicted molar refractivity (Wildman–Crippen MR) is 79.6 cm³/mol. The molecule has 1 aromatic heterocycles. The first-order chi connectivity index (χ1) is 11.1. The summed E-state index contributed by atoms with van der Waals surface area (Å²) < 4.78 is 60.4. The van der Waals surface area contributed by atoms with Crippen molar-refractivity contribution in [1.82, 2.24) is 0 Å². The molecule has 1 aliphatic heterocycles. The Hall–Kier alpha value is -1.22. The van der Waals surface area contributed by atoms with Crippen LogP contribution in [0.1, 0.15) is 24.1 Å². The zero-order chi connectivity index (χ0) is 17.7. The maximum atomic E-state index is 13.5. The van der Waals surface area contributed by atoms with Gasteiger partial charge in [0, 0.05) is 17.9 Å². The van der Waals surface area contributed by atoms with Crippen molar-refractivity contribution in [2.24, 2.45) is 5.92 Å². The van der Waals surface area contributed by atoms with Crippen molar-refractivity contribution in [2.75, 3.05) is 18.6 Å². The van der Waals surface area contributed by atoms with Gasteiger partial charge in [0.2, 0.25) is 0 Å². The minimum atomic E-state index is -4.29. The second-order valence-electron chi connectivity index (χ2n) is 6.39. The van der Waals surface area contributed by atoms with E-state index in [1.807, 2.05) is 13.1 Å². The zero-order valence-corrected chi connectivity index (χ0v) is 14.2. The minimum Gasteiger partial charge on any atom is -0.374 e. The summed E-state index contributed by atoms with van der Waals surface area (Å²) in [6, 6.07) is 0. The molecule has 0 radical (unpaired) electrons. The number of aryl methyl sites for hydroxylation is 1. The Morgan fingerprint density at radius 2 is 2.17 bits per heavy atom. The number of halogens is 4. The Labute approximate surface area is 141 Å². The fraction of sp³-hybridized carbons (Fsp3) is 0.733. The highest BCUT2D eigenvalue weighted by molar-refractivity contribution is 7.15. The Balaban J connectivity index is 1.77. The molecule has 2 unspecified atom stereocenters. The number of hydrogen-bond donors (Lipinski definition) is 0. The summed E-state index contributed by atoms with van der Waals surface area (Å²) in [6.07, 6.45) is 2.58. The third kappa shape index (κ3) is 2.81. The number of carbonyl (C=O) groups is 1. The van der Waals surface area contributed by atoms with Crippen LogP contribution in [0, 0.1) is 12.8 Å². The smallest absolute Gasteiger partial charge is 0.343 e. The van der Waals surface area contributed by atoms with Gasteiger partial charge in [-0.2, -0.15) is 22.5 Å². The van der Waals surface area contributed by atoms with Gasteiger partial charge >= 0.3 is 22.9 Å². The molecule has 0 aromatic carbocycles. The molecule has 1 aromatic rings. The van der Waals surface area contributed by atoms with Gasteiger partial charge < -0.3 is 4.74 Å². The van der Waals surface area contributed by atoms with Gasteiger partial charge in [0.1, 0.15) is 18.7 Å². The van der Waals surface area contributed by atoms with E-state index in [0.29, 0.717) is 18.3 Å². The first-order valence-electron chi connectivity index (χ1n) is 7.78. The predicted octanol–water partition coefficient (Wildman–Crippen LogP) is 2.78. The van der Waals surface area contributed by atoms with Crippen LogP contribution in [0.25, 0.3) is 0 Å². The SMILES string of the molecule is Cc1c[n+](CC2CCCO2)c(N(C)C(=O)C2CC(F)(F)C2(F)F)s1. The monoisotopic (exact) mass is 367 g/mol. The van der Waals surface area contributed by atoms with Gasteiger partial charge in [0.15, 0.2) is 0 Å². The molecular formula is C15H19F4N2O2S+. The second-order valence-corrected chi connectivity index (χ2v) is 7.61. The lowest BCUT2D eigenvalue weighted by molar-refractivity contribution is -0.687. The van der Waals surface area contributed by atoms with Crippen molar-refractivity contribution in [3.63, 3.8) is 0 Å². The topological polar surface area (TPSA) is 33.4 Å². The number of thiazole rings is 1. The van der Waals surface area contributed by atoms with Gasteiger partial charge in [-0.05, 0) is 19.8 Å². The quantitative estimate of drug-likeness (QED) is 0.606. The van der Waals surface area contributed by atoms with Gasteiger partial charge in [0.25, 0.3) is 0 Å². The van der Waals surface area contributed by atoms with Crippen LogP contribution in [-0.2, 0) is 16.1 Å². The zero-order valence-electron chi connectivity index (χ0n) is 13.4. The van der Waals surface area contributed by atoms with Gasteiger partial charge in [-0.1, -0.05) is 11.3 Å². The van der Waals surface area contributed by atoms with E-state index >= 15 is 0 Å². The third-order valence-corrected chi connectivity index (χ3v) is 5.68. The van der Waals surface area contributed by atoms with E-state index in [1.165, 1.54) is 18.4 Å². The van der Waals surface area contributed by atoms with Crippen LogP contribution in [0.3, 0.4) is 0 Å². The van der Waals surface area contributed by atoms with Crippen LogP contribution in [0.4, 0.5) is 22.7 Å². The molecular weight excluding hydrogens is 348 g/mol. The highest BCUT2D eigenvalue weighted by atomic mass is 32.1. The molecule has 0 N–H and O–H groups in total. The summed E-state index contributed by atoms with van der Waals surface area (Å²) in [5.74, 6) is -11.3. The van der Waals surface area contributed by atoms with Crippen molar-refractivity contribution in [1.29, 1.82) is 0 Å². The molecule has 0 spiro atoms. The number of nitrogens with zero attached hydrogens (tertiary/aromatic N) is 2. The fourth-order valence-corrected chi connectivity index (χ4v) is 4.06. The van der Waals surface area contributed by atoms with E-state index in [-0.39, 0.29) is 6.10 Å². The Morgan fingerprint density at radius 1 is 1.46 bits per heavy atom. The second kappa shape index (κ2) is 5.94. The van der Waals surface area contributed by atoms with Gasteiger partial charge in [-0.3, -0.25) is 0 Å². The molecule has 3 rings (SSSR count). The first kappa shape index (κ1) is 17.6. The van der Waals surface area contributed by atoms with Crippen LogP contribution >= 0.6 is 11.3 Å². The highest BCUT2D eigenvalue weighted by Crippen LogP contribution is 2.55. The number of aromatic nitrogens is 1. The van der Waals surface area contributed by atoms with E-state index in [0.717, 1.165) is 22.6 Å². The number of amides is 1. The van der Waals surface area contributed by atoms with Gasteiger partial charge in [-0.25, -0.2) is 9.36 Å². The molecule has 2 fully saturated rings. The maximum Gasteiger partial charge on any atom is 0.343 e. The van der Waals surface area contributed by atoms with Crippen LogP contribution in [0.2, 0.25) is 0 Å². The molecule has 4 nitrogen and oxygen atoms in total. The largest absolute Gasteiger partial charge is 0.374 e. The summed E-state index contributed by atoms with van der Waals surface area (Å²) in [4.78, 5) is 14.3. The van der Waals surface area contributed by atoms with Gasteiger partial charge in [-0.15, -0.1) is 0 Å². The summed E-state index contributed by atoms with van der Waals surface area (Å²) in [6.45, 7) is 3.03. The van der Waals surface area contributed by atoms with Crippen molar-refractivity contribution < 1.29 is 31.7 Å². The Bertz CT molecular complexity index is 643. The lowest BCUT2D eigenvalue weighted by Crippen LogP contribution is -2.64. The molecule has 1 saturated heterocycles. The van der Waals surface area contributed by atoms with E-state index in [1.54, 1.807) is 4.57 Å². The lowest BCUT2D eigenvalue weighted by Gasteiger charge is -2.42. The van der Waals surface area contributed by atoms with E-state index in [2.05, 4.69) is 0 Å². The molecule has 24 heavy (non-hydrogen) atoms. The molecule has 1 aliphatic carbocycles. The molecule has 134 valence electrons. The fourth-order valence-electron chi connectivity index (χ4n) is 3.12. The number of alkyl halides is 4. The average Bonchev–Trinajstić information content (AvgIpc) is 3.13. The Morgan fingerprint density at radius 3 is 2.71 bits per heavy atom. The number of hydrogen-bond acceptors (Lipinski definition) is 3. The number of carbonyl (C=O) groups excluding carboxylic acids is 1. The molecule has 1 amide bonds. The van der Waals surface area contributed by atoms with Crippen molar-refractivity contribution in [3.05, 3.63) is 11.1 Å². The number of rotatable bonds is 4. The number of ether oxygens (including phenoxy) is 1. The van der Waals surface area contributed by atoms with Crippen molar-refractivity contribution in [3.8, 4) is 0 Å². The first-order valence-corrected chi connectivity index (χ1v) is 8.60. The van der Waals surface area contributed by atoms with Crippen LogP contribution in [0.15, 0.2) is 6.20 Å². The Kier molecular flexibility index (Phi) is 4.36. The molecule has 1 saturated carbocycles. The standard InChI is InChI=1S/C15H19F4N2O2S/c1-9-7-21(8-10-4-3-5-23-10)13(24-9)20(2)12(22)11-6-14(16,17)15(11,18)19/h7,10-11H,3-6,8H2,1-2H3/q+1. The highest BCUT2D eigenvalue weighted by Gasteiger charge is 2.75. The van der Waals surface area contributed by atoms with Crippen molar-refractivity contribution >= 4 is 22.4 Å². The maximum absolute atomic E-state index is 13.5. The van der Waals surface area contributed by atoms with Crippen LogP contribution in [0.5, 0.6) is 0 Å². The third-order valence-electron chi connectivity index (χ3n) is 4.56.